The summed E-state index contributed by atoms with van der Waals surface area (Å²) in [6.45, 7) is 6.07. The smallest absolute Gasteiger partial charge is 0.263 e. The van der Waals surface area contributed by atoms with Crippen LogP contribution in [0.5, 0.6) is 0 Å². The van der Waals surface area contributed by atoms with Gasteiger partial charge in [0.05, 0.1) is 5.39 Å². The number of hydrogen-bond donors (Lipinski definition) is 1. The Morgan fingerprint density at radius 2 is 2.12 bits per heavy atom. The van der Waals surface area contributed by atoms with Crippen molar-refractivity contribution in [2.75, 3.05) is 5.75 Å². The van der Waals surface area contributed by atoms with Crippen LogP contribution < -0.4 is 11.3 Å². The predicted octanol–water partition coefficient (Wildman–Crippen LogP) is 3.59. The highest BCUT2D eigenvalue weighted by molar-refractivity contribution is 7.99. The first-order valence-corrected chi connectivity index (χ1v) is 9.94. The number of carbonyl (C=O) groups excluding carboxylic acids is 1. The second-order valence-electron chi connectivity index (χ2n) is 5.77. The second-order valence-corrected chi connectivity index (χ2v) is 7.83. The number of rotatable bonds is 7. The third kappa shape index (κ3) is 3.59. The lowest BCUT2D eigenvalue weighted by Gasteiger charge is -2.09. The van der Waals surface area contributed by atoms with Gasteiger partial charge in [0.25, 0.3) is 5.56 Å². The molecule has 0 saturated carbocycles. The van der Waals surface area contributed by atoms with Gasteiger partial charge in [0.1, 0.15) is 4.83 Å². The Balaban J connectivity index is 2.14. The van der Waals surface area contributed by atoms with Gasteiger partial charge in [-0.1, -0.05) is 48.2 Å². The van der Waals surface area contributed by atoms with Crippen molar-refractivity contribution >= 4 is 39.2 Å². The van der Waals surface area contributed by atoms with E-state index in [-0.39, 0.29) is 17.9 Å². The van der Waals surface area contributed by atoms with E-state index in [4.69, 9.17) is 10.7 Å². The Morgan fingerprint density at radius 3 is 2.77 bits per heavy atom. The number of primary amides is 1. The van der Waals surface area contributed by atoms with Gasteiger partial charge in [-0.15, -0.1) is 17.9 Å². The summed E-state index contributed by atoms with van der Waals surface area (Å²) in [5.41, 5.74) is 7.15. The van der Waals surface area contributed by atoms with Gasteiger partial charge in [-0.2, -0.15) is 0 Å². The van der Waals surface area contributed by atoms with Crippen LogP contribution in [0.3, 0.4) is 0 Å². The van der Waals surface area contributed by atoms with E-state index in [0.717, 1.165) is 16.0 Å². The molecule has 3 rings (SSSR count). The molecule has 0 radical (unpaired) electrons. The normalized spacial score (nSPS) is 11.0. The summed E-state index contributed by atoms with van der Waals surface area (Å²) in [4.78, 5) is 30.5. The number of allylic oxidation sites excluding steroid dienone is 1. The van der Waals surface area contributed by atoms with Gasteiger partial charge in [-0.05, 0) is 18.1 Å². The Labute approximate surface area is 159 Å². The van der Waals surface area contributed by atoms with Gasteiger partial charge in [0.2, 0.25) is 5.91 Å². The number of hydrogen-bond acceptors (Lipinski definition) is 5. The number of carbonyl (C=O) groups is 1. The standard InChI is InChI=1S/C19H19N3O2S2/c1-3-10-22-18(24)15-12(2)16(13-7-5-4-6-8-13)26-17(15)21-19(22)25-11-9-14(20)23/h3-8H,1,9-11H2,2H3,(H2,20,23). The van der Waals surface area contributed by atoms with Gasteiger partial charge < -0.3 is 5.73 Å². The van der Waals surface area contributed by atoms with E-state index in [0.29, 0.717) is 27.7 Å². The fourth-order valence-corrected chi connectivity index (χ4v) is 4.90. The number of benzene rings is 1. The number of nitrogens with zero attached hydrogens (tertiary/aromatic N) is 2. The molecule has 2 heterocycles. The Morgan fingerprint density at radius 1 is 1.38 bits per heavy atom. The first kappa shape index (κ1) is 18.4. The maximum absolute atomic E-state index is 13.1. The Bertz CT molecular complexity index is 1020. The van der Waals surface area contributed by atoms with Gasteiger partial charge in [-0.25, -0.2) is 4.98 Å². The monoisotopic (exact) mass is 385 g/mol. The predicted molar refractivity (Wildman–Crippen MR) is 109 cm³/mol. The van der Waals surface area contributed by atoms with E-state index in [1.54, 1.807) is 10.6 Å². The summed E-state index contributed by atoms with van der Waals surface area (Å²) in [6.07, 6.45) is 1.91. The molecule has 0 unspecified atom stereocenters. The molecule has 1 amide bonds. The maximum Gasteiger partial charge on any atom is 0.263 e. The lowest BCUT2D eigenvalue weighted by molar-refractivity contribution is -0.117. The molecule has 0 aliphatic rings. The summed E-state index contributed by atoms with van der Waals surface area (Å²) < 4.78 is 1.61. The van der Waals surface area contributed by atoms with E-state index < -0.39 is 0 Å². The molecule has 26 heavy (non-hydrogen) atoms. The molecule has 7 heteroatoms. The van der Waals surface area contributed by atoms with E-state index in [9.17, 15) is 9.59 Å². The molecule has 134 valence electrons. The van der Waals surface area contributed by atoms with Crippen LogP contribution in [0.25, 0.3) is 20.7 Å². The van der Waals surface area contributed by atoms with Crippen molar-refractivity contribution in [1.82, 2.24) is 9.55 Å². The fraction of sp³-hybridized carbons (Fsp3) is 0.211. The van der Waals surface area contributed by atoms with Crippen LogP contribution in [0.2, 0.25) is 0 Å². The molecule has 0 fully saturated rings. The molecule has 2 aromatic heterocycles. The SMILES string of the molecule is C=CCn1c(SCCC(N)=O)nc2sc(-c3ccccc3)c(C)c2c1=O. The summed E-state index contributed by atoms with van der Waals surface area (Å²) in [5.74, 6) is 0.120. The number of fused-ring (bicyclic) bond motifs is 1. The van der Waals surface area contributed by atoms with Crippen molar-refractivity contribution in [3.05, 3.63) is 58.9 Å². The molecular formula is C19H19N3O2S2. The number of aromatic nitrogens is 2. The van der Waals surface area contributed by atoms with E-state index >= 15 is 0 Å². The summed E-state index contributed by atoms with van der Waals surface area (Å²) >= 11 is 2.88. The van der Waals surface area contributed by atoms with E-state index in [1.165, 1.54) is 23.1 Å². The van der Waals surface area contributed by atoms with Crippen molar-refractivity contribution in [3.63, 3.8) is 0 Å². The highest BCUT2D eigenvalue weighted by atomic mass is 32.2. The topological polar surface area (TPSA) is 78.0 Å². The van der Waals surface area contributed by atoms with Crippen LogP contribution in [-0.4, -0.2) is 21.2 Å². The molecule has 0 spiro atoms. The minimum Gasteiger partial charge on any atom is -0.370 e. The second kappa shape index (κ2) is 7.88. The molecule has 0 atom stereocenters. The average molecular weight is 386 g/mol. The minimum atomic E-state index is -0.366. The Hall–Kier alpha value is -2.38. The van der Waals surface area contributed by atoms with Crippen molar-refractivity contribution < 1.29 is 4.79 Å². The molecule has 0 saturated heterocycles. The van der Waals surface area contributed by atoms with Crippen LogP contribution in [0.1, 0.15) is 12.0 Å². The van der Waals surface area contributed by atoms with Gasteiger partial charge in [0, 0.05) is 23.6 Å². The molecule has 3 aromatic rings. The van der Waals surface area contributed by atoms with Gasteiger partial charge in [0.15, 0.2) is 5.16 Å². The number of amides is 1. The largest absolute Gasteiger partial charge is 0.370 e. The number of nitrogens with two attached hydrogens (primary N) is 1. The maximum atomic E-state index is 13.1. The molecule has 5 nitrogen and oxygen atoms in total. The van der Waals surface area contributed by atoms with Crippen LogP contribution in [0, 0.1) is 6.92 Å². The van der Waals surface area contributed by atoms with Crippen molar-refractivity contribution in [3.8, 4) is 10.4 Å². The zero-order valence-corrected chi connectivity index (χ0v) is 16.0. The number of thiophene rings is 1. The third-order valence-electron chi connectivity index (χ3n) is 3.94. The van der Waals surface area contributed by atoms with Gasteiger partial charge in [-0.3, -0.25) is 14.2 Å². The lowest BCUT2D eigenvalue weighted by Crippen LogP contribution is -2.23. The molecule has 0 aliphatic carbocycles. The molecule has 2 N–H and O–H groups in total. The Kier molecular flexibility index (Phi) is 5.58. The van der Waals surface area contributed by atoms with E-state index in [2.05, 4.69) is 6.58 Å². The molecular weight excluding hydrogens is 366 g/mol. The van der Waals surface area contributed by atoms with Crippen molar-refractivity contribution in [2.45, 2.75) is 25.0 Å². The van der Waals surface area contributed by atoms with E-state index in [1.807, 2.05) is 37.3 Å². The summed E-state index contributed by atoms with van der Waals surface area (Å²) in [5, 5.41) is 1.24. The molecule has 0 aliphatic heterocycles. The first-order chi connectivity index (χ1) is 12.5. The van der Waals surface area contributed by atoms with Crippen LogP contribution in [0.4, 0.5) is 0 Å². The highest BCUT2D eigenvalue weighted by Crippen LogP contribution is 2.36. The lowest BCUT2D eigenvalue weighted by atomic mass is 10.1. The zero-order valence-electron chi connectivity index (χ0n) is 14.4. The number of thioether (sulfide) groups is 1. The van der Waals surface area contributed by atoms with Crippen LogP contribution >= 0.6 is 23.1 Å². The molecule has 1 aromatic carbocycles. The van der Waals surface area contributed by atoms with Crippen LogP contribution in [-0.2, 0) is 11.3 Å². The first-order valence-electron chi connectivity index (χ1n) is 8.14. The summed E-state index contributed by atoms with van der Waals surface area (Å²) in [6, 6.07) is 9.99. The van der Waals surface area contributed by atoms with Crippen molar-refractivity contribution in [1.29, 1.82) is 0 Å². The summed E-state index contributed by atoms with van der Waals surface area (Å²) in [7, 11) is 0. The fourth-order valence-electron chi connectivity index (χ4n) is 2.71. The van der Waals surface area contributed by atoms with Gasteiger partial charge >= 0.3 is 0 Å². The minimum absolute atomic E-state index is 0.0765. The number of aryl methyl sites for hydroxylation is 1. The quantitative estimate of drug-likeness (QED) is 0.383. The molecule has 0 bridgehead atoms. The third-order valence-corrected chi connectivity index (χ3v) is 6.16. The van der Waals surface area contributed by atoms with Crippen LogP contribution in [0.15, 0.2) is 52.9 Å². The van der Waals surface area contributed by atoms with Crippen molar-refractivity contribution in [2.24, 2.45) is 5.73 Å². The highest BCUT2D eigenvalue weighted by Gasteiger charge is 2.18. The zero-order chi connectivity index (χ0) is 18.7. The average Bonchev–Trinajstić information content (AvgIpc) is 2.95.